The fourth-order valence-electron chi connectivity index (χ4n) is 1.54. The lowest BCUT2D eigenvalue weighted by molar-refractivity contribution is 0.0948. The maximum absolute atomic E-state index is 12.8. The third kappa shape index (κ3) is 2.65. The van der Waals surface area contributed by atoms with Gasteiger partial charge in [0.1, 0.15) is 11.6 Å². The fourth-order valence-corrected chi connectivity index (χ4v) is 1.54. The molecule has 1 aromatic heterocycles. The van der Waals surface area contributed by atoms with E-state index in [4.69, 9.17) is 0 Å². The Morgan fingerprint density at radius 3 is 2.94 bits per heavy atom. The van der Waals surface area contributed by atoms with E-state index in [1.54, 1.807) is 24.1 Å². The number of carbonyl (C=O) groups excluding carboxylic acids is 1. The maximum Gasteiger partial charge on any atom is 0.255 e. The summed E-state index contributed by atoms with van der Waals surface area (Å²) >= 11 is 0. The molecule has 2 rings (SSSR count). The molecule has 1 amide bonds. The molecule has 0 atom stereocenters. The molecular formula is C12H12FN3O2. The third-order valence-corrected chi connectivity index (χ3v) is 2.42. The van der Waals surface area contributed by atoms with Crippen molar-refractivity contribution in [2.75, 3.05) is 0 Å². The van der Waals surface area contributed by atoms with Gasteiger partial charge in [-0.3, -0.25) is 9.48 Å². The normalized spacial score (nSPS) is 10.3. The number of benzene rings is 1. The molecule has 0 saturated heterocycles. The first kappa shape index (κ1) is 12.1. The summed E-state index contributed by atoms with van der Waals surface area (Å²) in [5.41, 5.74) is 0.882. The number of nitrogens with zero attached hydrogens (tertiary/aromatic N) is 2. The second-order valence-electron chi connectivity index (χ2n) is 3.87. The van der Waals surface area contributed by atoms with Crippen molar-refractivity contribution in [3.63, 3.8) is 0 Å². The zero-order valence-electron chi connectivity index (χ0n) is 9.72. The number of aryl methyl sites for hydroxylation is 1. The summed E-state index contributed by atoms with van der Waals surface area (Å²) in [7, 11) is 1.77. The van der Waals surface area contributed by atoms with Gasteiger partial charge in [-0.15, -0.1) is 0 Å². The van der Waals surface area contributed by atoms with Gasteiger partial charge < -0.3 is 10.4 Å². The summed E-state index contributed by atoms with van der Waals surface area (Å²) < 4.78 is 14.4. The van der Waals surface area contributed by atoms with E-state index in [1.807, 2.05) is 0 Å². The number of nitrogens with one attached hydrogen (secondary N) is 1. The quantitative estimate of drug-likeness (QED) is 0.858. The Morgan fingerprint density at radius 2 is 2.33 bits per heavy atom. The van der Waals surface area contributed by atoms with Crippen LogP contribution in [0.5, 0.6) is 5.75 Å². The number of hydrogen-bond donors (Lipinski definition) is 2. The van der Waals surface area contributed by atoms with E-state index in [-0.39, 0.29) is 11.3 Å². The number of amides is 1. The van der Waals surface area contributed by atoms with E-state index >= 15 is 0 Å². The minimum Gasteiger partial charge on any atom is -0.507 e. The van der Waals surface area contributed by atoms with Crippen molar-refractivity contribution in [2.45, 2.75) is 6.54 Å². The predicted octanol–water partition coefficient (Wildman–Crippen LogP) is 1.19. The third-order valence-electron chi connectivity index (χ3n) is 2.42. The molecule has 2 N–H and O–H groups in total. The molecule has 0 aliphatic rings. The van der Waals surface area contributed by atoms with Crippen molar-refractivity contribution in [2.24, 2.45) is 7.05 Å². The van der Waals surface area contributed by atoms with E-state index in [2.05, 4.69) is 10.4 Å². The Kier molecular flexibility index (Phi) is 3.27. The van der Waals surface area contributed by atoms with Crippen molar-refractivity contribution >= 4 is 5.91 Å². The van der Waals surface area contributed by atoms with Gasteiger partial charge in [0.15, 0.2) is 0 Å². The average Bonchev–Trinajstić information content (AvgIpc) is 2.72. The van der Waals surface area contributed by atoms with Gasteiger partial charge in [0, 0.05) is 31.4 Å². The van der Waals surface area contributed by atoms with E-state index < -0.39 is 11.7 Å². The largest absolute Gasteiger partial charge is 0.507 e. The van der Waals surface area contributed by atoms with Crippen LogP contribution in [0.15, 0.2) is 30.6 Å². The van der Waals surface area contributed by atoms with Crippen LogP contribution in [0.1, 0.15) is 15.9 Å². The molecule has 0 aliphatic carbocycles. The van der Waals surface area contributed by atoms with Gasteiger partial charge in [0.2, 0.25) is 0 Å². The van der Waals surface area contributed by atoms with Crippen molar-refractivity contribution in [1.29, 1.82) is 0 Å². The highest BCUT2D eigenvalue weighted by Gasteiger charge is 2.11. The van der Waals surface area contributed by atoms with E-state index in [0.29, 0.717) is 6.54 Å². The Bertz CT molecular complexity index is 580. The molecule has 1 heterocycles. The number of rotatable bonds is 3. The van der Waals surface area contributed by atoms with Gasteiger partial charge in [-0.05, 0) is 12.1 Å². The molecule has 0 saturated carbocycles. The van der Waals surface area contributed by atoms with Gasteiger partial charge >= 0.3 is 0 Å². The van der Waals surface area contributed by atoms with Crippen molar-refractivity contribution in [3.8, 4) is 5.75 Å². The van der Waals surface area contributed by atoms with Crippen LogP contribution >= 0.6 is 0 Å². The number of aromatic hydroxyl groups is 1. The molecule has 0 radical (unpaired) electrons. The SMILES string of the molecule is Cn1cc(CNC(=O)c2ccc(F)cc2O)cn1. The summed E-state index contributed by atoms with van der Waals surface area (Å²) in [5.74, 6) is -1.42. The van der Waals surface area contributed by atoms with Crippen LogP contribution in [0.3, 0.4) is 0 Å². The molecular weight excluding hydrogens is 237 g/mol. The van der Waals surface area contributed by atoms with Crippen molar-refractivity contribution in [3.05, 3.63) is 47.5 Å². The van der Waals surface area contributed by atoms with Gasteiger partial charge in [0.25, 0.3) is 5.91 Å². The van der Waals surface area contributed by atoms with Gasteiger partial charge in [-0.2, -0.15) is 5.10 Å². The topological polar surface area (TPSA) is 67.2 Å². The lowest BCUT2D eigenvalue weighted by atomic mass is 10.2. The van der Waals surface area contributed by atoms with Crippen LogP contribution < -0.4 is 5.32 Å². The first-order valence-corrected chi connectivity index (χ1v) is 5.30. The standard InChI is InChI=1S/C12H12FN3O2/c1-16-7-8(6-15-16)5-14-12(18)10-3-2-9(13)4-11(10)17/h2-4,6-7,17H,5H2,1H3,(H,14,18). The fraction of sp³-hybridized carbons (Fsp3) is 0.167. The number of carbonyl (C=O) groups is 1. The molecule has 18 heavy (non-hydrogen) atoms. The minimum atomic E-state index is -0.587. The minimum absolute atomic E-state index is 0.0419. The van der Waals surface area contributed by atoms with Crippen LogP contribution in [-0.2, 0) is 13.6 Å². The molecule has 1 aromatic carbocycles. The van der Waals surface area contributed by atoms with Crippen LogP contribution in [0.4, 0.5) is 4.39 Å². The Morgan fingerprint density at radius 1 is 1.56 bits per heavy atom. The van der Waals surface area contributed by atoms with E-state index in [1.165, 1.54) is 6.07 Å². The zero-order chi connectivity index (χ0) is 13.1. The highest BCUT2D eigenvalue weighted by molar-refractivity contribution is 5.96. The molecule has 6 heteroatoms. The van der Waals surface area contributed by atoms with Gasteiger partial charge in [0.05, 0.1) is 11.8 Å². The number of hydrogen-bond acceptors (Lipinski definition) is 3. The number of aromatic nitrogens is 2. The first-order valence-electron chi connectivity index (χ1n) is 5.30. The highest BCUT2D eigenvalue weighted by atomic mass is 19.1. The highest BCUT2D eigenvalue weighted by Crippen LogP contribution is 2.17. The number of phenolic OH excluding ortho intramolecular Hbond substituents is 1. The van der Waals surface area contributed by atoms with Crippen LogP contribution in [0, 0.1) is 5.82 Å². The van der Waals surface area contributed by atoms with Crippen molar-refractivity contribution in [1.82, 2.24) is 15.1 Å². The molecule has 0 bridgehead atoms. The summed E-state index contributed by atoms with van der Waals surface area (Å²) in [4.78, 5) is 11.7. The van der Waals surface area contributed by atoms with Crippen LogP contribution in [0.25, 0.3) is 0 Å². The first-order chi connectivity index (χ1) is 8.56. The molecule has 0 fully saturated rings. The second-order valence-corrected chi connectivity index (χ2v) is 3.87. The molecule has 2 aromatic rings. The van der Waals surface area contributed by atoms with E-state index in [0.717, 1.165) is 17.7 Å². The Hall–Kier alpha value is -2.37. The predicted molar refractivity (Wildman–Crippen MR) is 62.4 cm³/mol. The average molecular weight is 249 g/mol. The smallest absolute Gasteiger partial charge is 0.255 e. The van der Waals surface area contributed by atoms with E-state index in [9.17, 15) is 14.3 Å². The lowest BCUT2D eigenvalue weighted by Gasteiger charge is -2.05. The Labute approximate surface area is 103 Å². The van der Waals surface area contributed by atoms with Crippen LogP contribution in [0.2, 0.25) is 0 Å². The van der Waals surface area contributed by atoms with Crippen LogP contribution in [-0.4, -0.2) is 20.8 Å². The van der Waals surface area contributed by atoms with Gasteiger partial charge in [-0.1, -0.05) is 0 Å². The monoisotopic (exact) mass is 249 g/mol. The molecule has 94 valence electrons. The number of phenols is 1. The molecule has 0 spiro atoms. The summed E-state index contributed by atoms with van der Waals surface area (Å²) in [6, 6.07) is 3.26. The lowest BCUT2D eigenvalue weighted by Crippen LogP contribution is -2.22. The summed E-state index contributed by atoms with van der Waals surface area (Å²) in [5, 5.41) is 16.0. The number of halogens is 1. The molecule has 5 nitrogen and oxygen atoms in total. The Balaban J connectivity index is 2.03. The summed E-state index contributed by atoms with van der Waals surface area (Å²) in [6.07, 6.45) is 3.40. The summed E-state index contributed by atoms with van der Waals surface area (Å²) in [6.45, 7) is 0.295. The van der Waals surface area contributed by atoms with Crippen molar-refractivity contribution < 1.29 is 14.3 Å². The molecule has 0 unspecified atom stereocenters. The zero-order valence-corrected chi connectivity index (χ0v) is 9.72. The molecule has 0 aliphatic heterocycles. The second kappa shape index (κ2) is 4.87. The van der Waals surface area contributed by atoms with Gasteiger partial charge in [-0.25, -0.2) is 4.39 Å². The maximum atomic E-state index is 12.8.